The summed E-state index contributed by atoms with van der Waals surface area (Å²) in [5.74, 6) is -0.340. The van der Waals surface area contributed by atoms with E-state index in [-0.39, 0.29) is 48.1 Å². The highest BCUT2D eigenvalue weighted by Crippen LogP contribution is 2.24. The van der Waals surface area contributed by atoms with Gasteiger partial charge in [-0.1, -0.05) is 58.0 Å². The van der Waals surface area contributed by atoms with E-state index in [4.69, 9.17) is 5.73 Å². The van der Waals surface area contributed by atoms with E-state index in [9.17, 15) is 4.79 Å². The number of thiazole rings is 1. The highest BCUT2D eigenvalue weighted by molar-refractivity contribution is 7.09. The lowest BCUT2D eigenvalue weighted by atomic mass is 9.93. The number of nitrogens with two attached hydrogens (primary N) is 1. The maximum atomic E-state index is 12.3. The monoisotopic (exact) mass is 403 g/mol. The van der Waals surface area contributed by atoms with Crippen LogP contribution in [0.4, 0.5) is 0 Å². The molecule has 2 atom stereocenters. The van der Waals surface area contributed by atoms with Crippen LogP contribution in [0.25, 0.3) is 0 Å². The number of amides is 1. The van der Waals surface area contributed by atoms with Crippen molar-refractivity contribution in [3.05, 3.63) is 52.0 Å². The molecule has 2 rings (SSSR count). The van der Waals surface area contributed by atoms with Crippen molar-refractivity contribution in [2.24, 2.45) is 11.7 Å². The molecule has 1 aromatic heterocycles. The minimum atomic E-state index is -0.308. The third kappa shape index (κ3) is 6.59. The molecular weight excluding hydrogens is 377 g/mol. The summed E-state index contributed by atoms with van der Waals surface area (Å²) in [6, 6.07) is 9.40. The summed E-state index contributed by atoms with van der Waals surface area (Å²) in [6.45, 7) is 8.70. The Hall–Kier alpha value is -1.14. The fourth-order valence-corrected chi connectivity index (χ4v) is 3.15. The fraction of sp³-hybridized carbons (Fsp3) is 0.444. The molecule has 7 heteroatoms. The number of aromatic nitrogens is 1. The Morgan fingerprint density at radius 3 is 2.36 bits per heavy atom. The van der Waals surface area contributed by atoms with Gasteiger partial charge < -0.3 is 11.1 Å². The van der Waals surface area contributed by atoms with Crippen LogP contribution in [-0.2, 0) is 16.8 Å². The number of rotatable bonds is 5. The van der Waals surface area contributed by atoms with Crippen molar-refractivity contribution in [2.45, 2.75) is 45.7 Å². The minimum Gasteiger partial charge on any atom is -0.349 e. The highest BCUT2D eigenvalue weighted by Gasteiger charge is 2.22. The average molecular weight is 404 g/mol. The fourth-order valence-electron chi connectivity index (χ4n) is 2.19. The second-order valence-electron chi connectivity index (χ2n) is 6.82. The van der Waals surface area contributed by atoms with Crippen molar-refractivity contribution in [2.75, 3.05) is 0 Å². The van der Waals surface area contributed by atoms with Gasteiger partial charge in [-0.25, -0.2) is 4.98 Å². The number of benzene rings is 1. The molecule has 4 nitrogen and oxygen atoms in total. The normalized spacial score (nSPS) is 13.2. The average Bonchev–Trinajstić information content (AvgIpc) is 3.01. The number of carbonyl (C=O) groups excluding carboxylic acids is 1. The van der Waals surface area contributed by atoms with E-state index in [1.54, 1.807) is 11.3 Å². The Morgan fingerprint density at radius 1 is 1.24 bits per heavy atom. The van der Waals surface area contributed by atoms with Crippen LogP contribution in [0.2, 0.25) is 0 Å². The van der Waals surface area contributed by atoms with E-state index in [0.29, 0.717) is 6.54 Å². The molecule has 0 aliphatic carbocycles. The summed E-state index contributed by atoms with van der Waals surface area (Å²) in [5.41, 5.74) is 8.25. The van der Waals surface area contributed by atoms with Gasteiger partial charge in [-0.15, -0.1) is 36.2 Å². The van der Waals surface area contributed by atoms with Crippen LogP contribution in [-0.4, -0.2) is 10.9 Å². The Morgan fingerprint density at radius 2 is 1.84 bits per heavy atom. The number of nitrogens with one attached hydrogen (secondary N) is 1. The zero-order valence-electron chi connectivity index (χ0n) is 15.0. The van der Waals surface area contributed by atoms with Crippen LogP contribution in [0, 0.1) is 5.92 Å². The predicted octanol–water partition coefficient (Wildman–Crippen LogP) is 4.24. The van der Waals surface area contributed by atoms with E-state index in [1.165, 1.54) is 0 Å². The molecule has 1 heterocycles. The van der Waals surface area contributed by atoms with Crippen molar-refractivity contribution in [3.8, 4) is 0 Å². The first-order valence-electron chi connectivity index (χ1n) is 7.82. The summed E-state index contributed by atoms with van der Waals surface area (Å²) in [4.78, 5) is 16.9. The van der Waals surface area contributed by atoms with Gasteiger partial charge in [0, 0.05) is 16.8 Å². The van der Waals surface area contributed by atoms with Gasteiger partial charge in [0.1, 0.15) is 5.01 Å². The van der Waals surface area contributed by atoms with E-state index in [0.717, 1.165) is 16.3 Å². The molecule has 0 saturated heterocycles. The SMILES string of the molecule is CC(C(=O)NCc1nc(C(C)(C)C)cs1)C(N)c1ccccc1.Cl.Cl. The zero-order valence-corrected chi connectivity index (χ0v) is 17.4. The molecule has 0 aliphatic heterocycles. The van der Waals surface area contributed by atoms with E-state index < -0.39 is 0 Å². The van der Waals surface area contributed by atoms with Gasteiger partial charge in [0.2, 0.25) is 5.91 Å². The first kappa shape index (κ1) is 23.9. The third-order valence-electron chi connectivity index (χ3n) is 3.87. The number of hydrogen-bond acceptors (Lipinski definition) is 4. The van der Waals surface area contributed by atoms with Crippen LogP contribution in [0.3, 0.4) is 0 Å². The van der Waals surface area contributed by atoms with Crippen molar-refractivity contribution >= 4 is 42.1 Å². The lowest BCUT2D eigenvalue weighted by Gasteiger charge is -2.19. The number of carbonyl (C=O) groups is 1. The van der Waals surface area contributed by atoms with E-state index in [1.807, 2.05) is 37.3 Å². The molecule has 0 radical (unpaired) electrons. The molecule has 140 valence electrons. The Balaban J connectivity index is 0.00000288. The van der Waals surface area contributed by atoms with Crippen molar-refractivity contribution < 1.29 is 4.79 Å². The molecule has 0 saturated carbocycles. The van der Waals surface area contributed by atoms with Crippen molar-refractivity contribution in [1.82, 2.24) is 10.3 Å². The van der Waals surface area contributed by atoms with Gasteiger partial charge in [0.25, 0.3) is 0 Å². The van der Waals surface area contributed by atoms with Crippen molar-refractivity contribution in [1.29, 1.82) is 0 Å². The lowest BCUT2D eigenvalue weighted by molar-refractivity contribution is -0.125. The smallest absolute Gasteiger partial charge is 0.225 e. The second kappa shape index (κ2) is 10.1. The molecule has 0 aliphatic rings. The minimum absolute atomic E-state index is 0. The largest absolute Gasteiger partial charge is 0.349 e. The molecule has 0 spiro atoms. The quantitative estimate of drug-likeness (QED) is 0.784. The summed E-state index contributed by atoms with van der Waals surface area (Å²) >= 11 is 1.58. The Kier molecular flexibility index (Phi) is 9.66. The van der Waals surface area contributed by atoms with Gasteiger partial charge in [0.15, 0.2) is 0 Å². The topological polar surface area (TPSA) is 68.0 Å². The molecule has 0 bridgehead atoms. The molecule has 25 heavy (non-hydrogen) atoms. The predicted molar refractivity (Wildman–Crippen MR) is 110 cm³/mol. The molecule has 2 aromatic rings. The van der Waals surface area contributed by atoms with E-state index >= 15 is 0 Å². The van der Waals surface area contributed by atoms with Crippen LogP contribution in [0.1, 0.15) is 50.0 Å². The first-order valence-corrected chi connectivity index (χ1v) is 8.70. The third-order valence-corrected chi connectivity index (χ3v) is 4.72. The highest BCUT2D eigenvalue weighted by atomic mass is 35.5. The number of halogens is 2. The zero-order chi connectivity index (χ0) is 17.0. The first-order chi connectivity index (χ1) is 10.8. The van der Waals surface area contributed by atoms with Crippen molar-refractivity contribution in [3.63, 3.8) is 0 Å². The van der Waals surface area contributed by atoms with Crippen LogP contribution >= 0.6 is 36.2 Å². The molecule has 2 unspecified atom stereocenters. The molecule has 1 amide bonds. The maximum Gasteiger partial charge on any atom is 0.225 e. The molecular formula is C18H27Cl2N3OS. The maximum absolute atomic E-state index is 12.3. The summed E-state index contributed by atoms with van der Waals surface area (Å²) < 4.78 is 0. The van der Waals surface area contributed by atoms with Gasteiger partial charge in [0.05, 0.1) is 18.2 Å². The van der Waals surface area contributed by atoms with Gasteiger partial charge in [-0.05, 0) is 5.56 Å². The molecule has 3 N–H and O–H groups in total. The molecule has 1 aromatic carbocycles. The van der Waals surface area contributed by atoms with Crippen LogP contribution < -0.4 is 11.1 Å². The standard InChI is InChI=1S/C18H25N3OS.2ClH/c1-12(16(19)13-8-6-5-7-9-13)17(22)20-10-15-21-14(11-23-15)18(2,3)4;;/h5-9,11-12,16H,10,19H2,1-4H3,(H,20,22);2*1H. The summed E-state index contributed by atoms with van der Waals surface area (Å²) in [7, 11) is 0. The van der Waals surface area contributed by atoms with Crippen LogP contribution in [0.5, 0.6) is 0 Å². The van der Waals surface area contributed by atoms with Gasteiger partial charge >= 0.3 is 0 Å². The molecule has 0 fully saturated rings. The second-order valence-corrected chi connectivity index (χ2v) is 7.76. The number of nitrogens with zero attached hydrogens (tertiary/aromatic N) is 1. The summed E-state index contributed by atoms with van der Waals surface area (Å²) in [5, 5.41) is 5.92. The summed E-state index contributed by atoms with van der Waals surface area (Å²) in [6.07, 6.45) is 0. The van der Waals surface area contributed by atoms with Gasteiger partial charge in [-0.2, -0.15) is 0 Å². The number of hydrogen-bond donors (Lipinski definition) is 2. The van der Waals surface area contributed by atoms with Gasteiger partial charge in [-0.3, -0.25) is 4.79 Å². The van der Waals surface area contributed by atoms with Crippen LogP contribution in [0.15, 0.2) is 35.7 Å². The lowest BCUT2D eigenvalue weighted by Crippen LogP contribution is -2.35. The Bertz CT molecular complexity index is 656. The van der Waals surface area contributed by atoms with E-state index in [2.05, 4.69) is 36.5 Å². The Labute approximate surface area is 166 Å².